The SMILES string of the molecule is CC.CC1CCCC[C@H]1CO. The van der Waals surface area contributed by atoms with Crippen LogP contribution in [-0.2, 0) is 0 Å². The summed E-state index contributed by atoms with van der Waals surface area (Å²) >= 11 is 0. The van der Waals surface area contributed by atoms with Gasteiger partial charge in [0.25, 0.3) is 0 Å². The minimum atomic E-state index is 0.404. The third kappa shape index (κ3) is 3.76. The first kappa shape index (κ1) is 11.0. The first-order valence-corrected chi connectivity index (χ1v) is 4.95. The molecule has 0 radical (unpaired) electrons. The maximum atomic E-state index is 8.86. The predicted molar refractivity (Wildman–Crippen MR) is 49.6 cm³/mol. The number of aliphatic hydroxyl groups is 1. The van der Waals surface area contributed by atoms with E-state index in [1.807, 2.05) is 13.8 Å². The molecule has 0 aliphatic heterocycles. The lowest BCUT2D eigenvalue weighted by atomic mass is 9.81. The van der Waals surface area contributed by atoms with Crippen molar-refractivity contribution in [2.24, 2.45) is 11.8 Å². The molecule has 1 nitrogen and oxygen atoms in total. The molecule has 0 aromatic heterocycles. The molecule has 0 aromatic carbocycles. The van der Waals surface area contributed by atoms with Gasteiger partial charge in [-0.1, -0.05) is 40.0 Å². The third-order valence-corrected chi connectivity index (χ3v) is 2.52. The molecule has 68 valence electrons. The quantitative estimate of drug-likeness (QED) is 0.622. The highest BCUT2D eigenvalue weighted by molar-refractivity contribution is 4.70. The number of rotatable bonds is 1. The van der Waals surface area contributed by atoms with Crippen LogP contribution >= 0.6 is 0 Å². The fourth-order valence-electron chi connectivity index (χ4n) is 1.66. The van der Waals surface area contributed by atoms with E-state index in [-0.39, 0.29) is 0 Å². The van der Waals surface area contributed by atoms with Crippen molar-refractivity contribution >= 4 is 0 Å². The predicted octanol–water partition coefficient (Wildman–Crippen LogP) is 2.83. The first-order chi connectivity index (χ1) is 5.34. The van der Waals surface area contributed by atoms with Gasteiger partial charge in [-0.2, -0.15) is 0 Å². The van der Waals surface area contributed by atoms with Crippen LogP contribution in [-0.4, -0.2) is 11.7 Å². The second kappa shape index (κ2) is 6.66. The van der Waals surface area contributed by atoms with Crippen molar-refractivity contribution in [1.29, 1.82) is 0 Å². The normalized spacial score (nSPS) is 30.5. The van der Waals surface area contributed by atoms with Gasteiger partial charge in [-0.15, -0.1) is 0 Å². The molecule has 1 rings (SSSR count). The Labute approximate surface area is 70.8 Å². The van der Waals surface area contributed by atoms with Gasteiger partial charge in [-0.3, -0.25) is 0 Å². The van der Waals surface area contributed by atoms with Gasteiger partial charge >= 0.3 is 0 Å². The minimum Gasteiger partial charge on any atom is -0.396 e. The van der Waals surface area contributed by atoms with Crippen LogP contribution in [0.1, 0.15) is 46.5 Å². The number of hydrogen-bond donors (Lipinski definition) is 1. The standard InChI is InChI=1S/C8H16O.C2H6/c1-7-4-2-3-5-8(7)6-9;1-2/h7-9H,2-6H2,1H3;1-2H3/t7?,8-;/m0./s1. The van der Waals surface area contributed by atoms with Crippen LogP contribution in [0, 0.1) is 11.8 Å². The molecule has 2 atom stereocenters. The van der Waals surface area contributed by atoms with Gasteiger partial charge in [0, 0.05) is 6.61 Å². The molecule has 0 saturated heterocycles. The van der Waals surface area contributed by atoms with Gasteiger partial charge in [0.1, 0.15) is 0 Å². The van der Waals surface area contributed by atoms with Crippen molar-refractivity contribution in [2.75, 3.05) is 6.61 Å². The maximum absolute atomic E-state index is 8.86. The molecule has 1 aliphatic carbocycles. The van der Waals surface area contributed by atoms with E-state index in [1.54, 1.807) is 0 Å². The highest BCUT2D eigenvalue weighted by Crippen LogP contribution is 2.28. The number of aliphatic hydroxyl groups excluding tert-OH is 1. The van der Waals surface area contributed by atoms with Gasteiger partial charge in [0.05, 0.1) is 0 Å². The Morgan fingerprint density at radius 1 is 1.18 bits per heavy atom. The van der Waals surface area contributed by atoms with Gasteiger partial charge < -0.3 is 5.11 Å². The van der Waals surface area contributed by atoms with Crippen LogP contribution in [0.25, 0.3) is 0 Å². The minimum absolute atomic E-state index is 0.404. The van der Waals surface area contributed by atoms with Crippen LogP contribution in [0.4, 0.5) is 0 Å². The van der Waals surface area contributed by atoms with Crippen molar-refractivity contribution in [3.63, 3.8) is 0 Å². The highest BCUT2D eigenvalue weighted by atomic mass is 16.3. The zero-order valence-electron chi connectivity index (χ0n) is 8.14. The molecule has 0 bridgehead atoms. The van der Waals surface area contributed by atoms with Crippen LogP contribution in [0.5, 0.6) is 0 Å². The Hall–Kier alpha value is -0.0400. The van der Waals surface area contributed by atoms with E-state index in [9.17, 15) is 0 Å². The van der Waals surface area contributed by atoms with E-state index < -0.39 is 0 Å². The Morgan fingerprint density at radius 3 is 2.09 bits per heavy atom. The van der Waals surface area contributed by atoms with E-state index in [1.165, 1.54) is 25.7 Å². The molecule has 0 aromatic rings. The molecular formula is C10H22O. The van der Waals surface area contributed by atoms with E-state index in [0.29, 0.717) is 12.5 Å². The van der Waals surface area contributed by atoms with E-state index in [4.69, 9.17) is 5.11 Å². The molecule has 1 aliphatic rings. The van der Waals surface area contributed by atoms with Crippen LogP contribution in [0.15, 0.2) is 0 Å². The van der Waals surface area contributed by atoms with Crippen LogP contribution in [0.3, 0.4) is 0 Å². The zero-order valence-corrected chi connectivity index (χ0v) is 8.14. The van der Waals surface area contributed by atoms with Gasteiger partial charge in [-0.05, 0) is 18.3 Å². The monoisotopic (exact) mass is 158 g/mol. The van der Waals surface area contributed by atoms with E-state index >= 15 is 0 Å². The average Bonchev–Trinajstić information content (AvgIpc) is 2.09. The number of hydrogen-bond acceptors (Lipinski definition) is 1. The lowest BCUT2D eigenvalue weighted by molar-refractivity contribution is 0.144. The first-order valence-electron chi connectivity index (χ1n) is 4.95. The summed E-state index contributed by atoms with van der Waals surface area (Å²) in [4.78, 5) is 0. The smallest absolute Gasteiger partial charge is 0.0461 e. The fraction of sp³-hybridized carbons (Fsp3) is 1.00. The van der Waals surface area contributed by atoms with Gasteiger partial charge in [-0.25, -0.2) is 0 Å². The van der Waals surface area contributed by atoms with Crippen molar-refractivity contribution in [3.05, 3.63) is 0 Å². The Balaban J connectivity index is 0.000000461. The molecule has 1 saturated carbocycles. The summed E-state index contributed by atoms with van der Waals surface area (Å²) in [5.74, 6) is 1.38. The second-order valence-electron chi connectivity index (χ2n) is 3.20. The van der Waals surface area contributed by atoms with E-state index in [0.717, 1.165) is 5.92 Å². The molecule has 1 N–H and O–H groups in total. The summed E-state index contributed by atoms with van der Waals surface area (Å²) < 4.78 is 0. The molecule has 1 heteroatoms. The lowest BCUT2D eigenvalue weighted by Gasteiger charge is -2.26. The molecular weight excluding hydrogens is 136 g/mol. The summed E-state index contributed by atoms with van der Waals surface area (Å²) in [6.45, 7) is 6.65. The Kier molecular flexibility index (Phi) is 6.63. The summed E-state index contributed by atoms with van der Waals surface area (Å²) in [6, 6.07) is 0. The Bertz CT molecular complexity index is 80.9. The fourth-order valence-corrected chi connectivity index (χ4v) is 1.66. The molecule has 0 spiro atoms. The van der Waals surface area contributed by atoms with Crippen LogP contribution < -0.4 is 0 Å². The molecule has 0 heterocycles. The maximum Gasteiger partial charge on any atom is 0.0461 e. The topological polar surface area (TPSA) is 20.2 Å². The molecule has 1 fully saturated rings. The van der Waals surface area contributed by atoms with Crippen molar-refractivity contribution in [2.45, 2.75) is 46.5 Å². The third-order valence-electron chi connectivity index (χ3n) is 2.52. The largest absolute Gasteiger partial charge is 0.396 e. The van der Waals surface area contributed by atoms with E-state index in [2.05, 4.69) is 6.92 Å². The van der Waals surface area contributed by atoms with Crippen molar-refractivity contribution in [1.82, 2.24) is 0 Å². The Morgan fingerprint density at radius 2 is 1.73 bits per heavy atom. The average molecular weight is 158 g/mol. The molecule has 11 heavy (non-hydrogen) atoms. The van der Waals surface area contributed by atoms with Crippen LogP contribution in [0.2, 0.25) is 0 Å². The highest BCUT2D eigenvalue weighted by Gasteiger charge is 2.19. The van der Waals surface area contributed by atoms with Gasteiger partial charge in [0.2, 0.25) is 0 Å². The zero-order chi connectivity index (χ0) is 8.69. The summed E-state index contributed by atoms with van der Waals surface area (Å²) in [5.41, 5.74) is 0. The summed E-state index contributed by atoms with van der Waals surface area (Å²) in [7, 11) is 0. The second-order valence-corrected chi connectivity index (χ2v) is 3.20. The summed E-state index contributed by atoms with van der Waals surface area (Å²) in [6.07, 6.45) is 5.27. The summed E-state index contributed by atoms with van der Waals surface area (Å²) in [5, 5.41) is 8.86. The molecule has 1 unspecified atom stereocenters. The lowest BCUT2D eigenvalue weighted by Crippen LogP contribution is -2.19. The van der Waals surface area contributed by atoms with Crippen molar-refractivity contribution in [3.8, 4) is 0 Å². The van der Waals surface area contributed by atoms with Gasteiger partial charge in [0.15, 0.2) is 0 Å². The molecule has 0 amide bonds. The van der Waals surface area contributed by atoms with Crippen molar-refractivity contribution < 1.29 is 5.11 Å².